The van der Waals surface area contributed by atoms with Crippen LogP contribution in [0.1, 0.15) is 36.5 Å². The molecule has 7 nitrogen and oxygen atoms in total. The van der Waals surface area contributed by atoms with Crippen LogP contribution in [0.3, 0.4) is 0 Å². The fourth-order valence-electron chi connectivity index (χ4n) is 3.84. The molecule has 0 unspecified atom stereocenters. The van der Waals surface area contributed by atoms with Crippen LogP contribution in [0.5, 0.6) is 0 Å². The SMILES string of the molecule is CC(=O)c1ccc(NC(=O)Cn2nc(-c3ccc(N4CCCCC4)cc3)ccc2=O)cc1. The van der Waals surface area contributed by atoms with Crippen molar-refractivity contribution < 1.29 is 9.59 Å². The minimum atomic E-state index is -0.368. The van der Waals surface area contributed by atoms with Crippen molar-refractivity contribution >= 4 is 23.1 Å². The molecule has 32 heavy (non-hydrogen) atoms. The van der Waals surface area contributed by atoms with Gasteiger partial charge >= 0.3 is 0 Å². The summed E-state index contributed by atoms with van der Waals surface area (Å²) in [4.78, 5) is 38.4. The van der Waals surface area contributed by atoms with E-state index in [1.54, 1.807) is 30.3 Å². The molecule has 0 bridgehead atoms. The van der Waals surface area contributed by atoms with Gasteiger partial charge in [-0.1, -0.05) is 12.1 Å². The van der Waals surface area contributed by atoms with Gasteiger partial charge in [0.15, 0.2) is 5.78 Å². The van der Waals surface area contributed by atoms with Gasteiger partial charge in [-0.3, -0.25) is 14.4 Å². The Kier molecular flexibility index (Phi) is 6.44. The lowest BCUT2D eigenvalue weighted by Crippen LogP contribution is -2.29. The Morgan fingerprint density at radius 1 is 0.906 bits per heavy atom. The van der Waals surface area contributed by atoms with Gasteiger partial charge in [-0.05, 0) is 68.7 Å². The third-order valence-corrected chi connectivity index (χ3v) is 5.62. The number of benzene rings is 2. The number of nitrogens with zero attached hydrogens (tertiary/aromatic N) is 3. The van der Waals surface area contributed by atoms with Gasteiger partial charge in [0.2, 0.25) is 5.91 Å². The molecule has 2 heterocycles. The second-order valence-electron chi connectivity index (χ2n) is 7.99. The van der Waals surface area contributed by atoms with E-state index in [1.807, 2.05) is 12.1 Å². The first-order chi connectivity index (χ1) is 15.5. The minimum Gasteiger partial charge on any atom is -0.372 e. The maximum atomic E-state index is 12.4. The highest BCUT2D eigenvalue weighted by Crippen LogP contribution is 2.23. The van der Waals surface area contributed by atoms with Crippen molar-refractivity contribution in [2.45, 2.75) is 32.7 Å². The zero-order valence-corrected chi connectivity index (χ0v) is 18.1. The van der Waals surface area contributed by atoms with Crippen LogP contribution in [-0.4, -0.2) is 34.6 Å². The number of carbonyl (C=O) groups is 2. The first kappa shape index (κ1) is 21.5. The minimum absolute atomic E-state index is 0.0422. The van der Waals surface area contributed by atoms with E-state index in [-0.39, 0.29) is 23.8 Å². The lowest BCUT2D eigenvalue weighted by molar-refractivity contribution is -0.117. The van der Waals surface area contributed by atoms with E-state index in [9.17, 15) is 14.4 Å². The molecule has 1 aromatic heterocycles. The van der Waals surface area contributed by atoms with Crippen LogP contribution in [0.15, 0.2) is 65.5 Å². The Morgan fingerprint density at radius 3 is 2.25 bits per heavy atom. The van der Waals surface area contributed by atoms with Crippen molar-refractivity contribution in [1.82, 2.24) is 9.78 Å². The Hall–Kier alpha value is -3.74. The number of hydrogen-bond donors (Lipinski definition) is 1. The second kappa shape index (κ2) is 9.60. The Balaban J connectivity index is 1.45. The van der Waals surface area contributed by atoms with E-state index in [0.717, 1.165) is 23.3 Å². The number of nitrogens with one attached hydrogen (secondary N) is 1. The van der Waals surface area contributed by atoms with Gasteiger partial charge in [0.05, 0.1) is 5.69 Å². The highest BCUT2D eigenvalue weighted by molar-refractivity contribution is 5.95. The summed E-state index contributed by atoms with van der Waals surface area (Å²) in [5.41, 5.74) is 3.49. The molecule has 1 N–H and O–H groups in total. The summed E-state index contributed by atoms with van der Waals surface area (Å²) in [5.74, 6) is -0.410. The van der Waals surface area contributed by atoms with Crippen molar-refractivity contribution in [2.24, 2.45) is 0 Å². The number of aromatic nitrogens is 2. The van der Waals surface area contributed by atoms with Gasteiger partial charge in [0.1, 0.15) is 6.54 Å². The highest BCUT2D eigenvalue weighted by Gasteiger charge is 2.12. The molecule has 1 saturated heterocycles. The number of hydrogen-bond acceptors (Lipinski definition) is 5. The number of Topliss-reactive ketones (excluding diaryl/α,β-unsaturated/α-hetero) is 1. The number of anilines is 2. The van der Waals surface area contributed by atoms with E-state index in [4.69, 9.17) is 0 Å². The summed E-state index contributed by atoms with van der Waals surface area (Å²) >= 11 is 0. The second-order valence-corrected chi connectivity index (χ2v) is 7.99. The third-order valence-electron chi connectivity index (χ3n) is 5.62. The molecule has 1 aliphatic heterocycles. The van der Waals surface area contributed by atoms with E-state index in [2.05, 4.69) is 27.4 Å². The van der Waals surface area contributed by atoms with Crippen LogP contribution in [0.2, 0.25) is 0 Å². The molecule has 3 aromatic rings. The van der Waals surface area contributed by atoms with Gasteiger partial charge in [0.25, 0.3) is 5.56 Å². The molecular weight excluding hydrogens is 404 g/mol. The van der Waals surface area contributed by atoms with E-state index in [0.29, 0.717) is 16.9 Å². The fourth-order valence-corrected chi connectivity index (χ4v) is 3.84. The number of ketones is 1. The van der Waals surface area contributed by atoms with Gasteiger partial charge < -0.3 is 10.2 Å². The summed E-state index contributed by atoms with van der Waals surface area (Å²) in [6, 6.07) is 17.9. The molecule has 7 heteroatoms. The highest BCUT2D eigenvalue weighted by atomic mass is 16.2. The average Bonchev–Trinajstić information content (AvgIpc) is 2.81. The number of carbonyl (C=O) groups excluding carboxylic acids is 2. The summed E-state index contributed by atoms with van der Waals surface area (Å²) in [5, 5.41) is 7.12. The molecule has 0 saturated carbocycles. The monoisotopic (exact) mass is 430 g/mol. The van der Waals surface area contributed by atoms with Crippen LogP contribution in [0.4, 0.5) is 11.4 Å². The molecule has 1 aliphatic rings. The Morgan fingerprint density at radius 2 is 1.59 bits per heavy atom. The lowest BCUT2D eigenvalue weighted by Gasteiger charge is -2.28. The van der Waals surface area contributed by atoms with Crippen LogP contribution in [-0.2, 0) is 11.3 Å². The first-order valence-electron chi connectivity index (χ1n) is 10.8. The van der Waals surface area contributed by atoms with Crippen LogP contribution in [0.25, 0.3) is 11.3 Å². The van der Waals surface area contributed by atoms with Gasteiger partial charge in [-0.15, -0.1) is 0 Å². The van der Waals surface area contributed by atoms with Crippen LogP contribution in [0, 0.1) is 0 Å². The van der Waals surface area contributed by atoms with Crippen LogP contribution < -0.4 is 15.8 Å². The zero-order valence-electron chi connectivity index (χ0n) is 18.1. The predicted molar refractivity (Wildman–Crippen MR) is 125 cm³/mol. The quantitative estimate of drug-likeness (QED) is 0.602. The fraction of sp³-hybridized carbons (Fsp3) is 0.280. The summed E-state index contributed by atoms with van der Waals surface area (Å²) in [7, 11) is 0. The molecular formula is C25H26N4O3. The predicted octanol–water partition coefficient (Wildman–Crippen LogP) is 3.74. The van der Waals surface area contributed by atoms with E-state index in [1.165, 1.54) is 37.9 Å². The number of amides is 1. The smallest absolute Gasteiger partial charge is 0.267 e. The van der Waals surface area contributed by atoms with Crippen molar-refractivity contribution in [3.05, 3.63) is 76.6 Å². The molecule has 0 atom stereocenters. The molecule has 0 aliphatic carbocycles. The van der Waals surface area contributed by atoms with E-state index < -0.39 is 0 Å². The van der Waals surface area contributed by atoms with Crippen LogP contribution >= 0.6 is 0 Å². The first-order valence-corrected chi connectivity index (χ1v) is 10.8. The largest absolute Gasteiger partial charge is 0.372 e. The maximum Gasteiger partial charge on any atom is 0.267 e. The molecule has 0 radical (unpaired) electrons. The Bertz CT molecular complexity index is 1160. The average molecular weight is 431 g/mol. The number of rotatable bonds is 6. The third kappa shape index (κ3) is 5.11. The lowest BCUT2D eigenvalue weighted by atomic mass is 10.1. The molecule has 164 valence electrons. The molecule has 2 aromatic carbocycles. The normalized spacial score (nSPS) is 13.6. The molecule has 1 fully saturated rings. The summed E-state index contributed by atoms with van der Waals surface area (Å²) in [6.07, 6.45) is 3.73. The van der Waals surface area contributed by atoms with Crippen molar-refractivity contribution in [3.63, 3.8) is 0 Å². The molecule has 0 spiro atoms. The standard InChI is InChI=1S/C25H26N4O3/c1-18(30)19-5-9-21(10-6-19)26-24(31)17-29-25(32)14-13-23(27-29)20-7-11-22(12-8-20)28-15-3-2-4-16-28/h5-14H,2-4,15-17H2,1H3,(H,26,31). The van der Waals surface area contributed by atoms with Crippen molar-refractivity contribution in [2.75, 3.05) is 23.3 Å². The van der Waals surface area contributed by atoms with E-state index >= 15 is 0 Å². The molecule has 4 rings (SSSR count). The Labute approximate surface area is 186 Å². The summed E-state index contributed by atoms with van der Waals surface area (Å²) < 4.78 is 1.16. The number of piperidine rings is 1. The van der Waals surface area contributed by atoms with Crippen molar-refractivity contribution in [3.8, 4) is 11.3 Å². The molecule has 1 amide bonds. The van der Waals surface area contributed by atoms with Gasteiger partial charge in [-0.25, -0.2) is 4.68 Å². The summed E-state index contributed by atoms with van der Waals surface area (Å²) in [6.45, 7) is 3.44. The van der Waals surface area contributed by atoms with Gasteiger partial charge in [-0.2, -0.15) is 5.10 Å². The van der Waals surface area contributed by atoms with Crippen molar-refractivity contribution in [1.29, 1.82) is 0 Å². The van der Waals surface area contributed by atoms with Gasteiger partial charge in [0, 0.05) is 41.7 Å². The maximum absolute atomic E-state index is 12.4. The zero-order chi connectivity index (χ0) is 22.5. The topological polar surface area (TPSA) is 84.3 Å².